The van der Waals surface area contributed by atoms with Crippen LogP contribution < -0.4 is 5.73 Å². The van der Waals surface area contributed by atoms with Crippen LogP contribution in [-0.4, -0.2) is 25.1 Å². The highest BCUT2D eigenvalue weighted by atomic mass is 35.5. The van der Waals surface area contributed by atoms with E-state index in [1.165, 1.54) is 17.2 Å². The smallest absolute Gasteiger partial charge is 0.193 e. The van der Waals surface area contributed by atoms with E-state index in [0.717, 1.165) is 0 Å². The van der Waals surface area contributed by atoms with Crippen molar-refractivity contribution in [2.24, 2.45) is 0 Å². The van der Waals surface area contributed by atoms with E-state index in [1.807, 2.05) is 0 Å². The minimum atomic E-state index is -0.679. The van der Waals surface area contributed by atoms with Gasteiger partial charge in [0.05, 0.1) is 29.2 Å². The third-order valence-electron chi connectivity index (χ3n) is 1.97. The molecular formula is C9H10ClN5O. The van der Waals surface area contributed by atoms with Gasteiger partial charge in [0.15, 0.2) is 5.82 Å². The molecule has 84 valence electrons. The van der Waals surface area contributed by atoms with E-state index in [-0.39, 0.29) is 0 Å². The summed E-state index contributed by atoms with van der Waals surface area (Å²) in [6.07, 6.45) is 2.24. The van der Waals surface area contributed by atoms with Gasteiger partial charge in [-0.25, -0.2) is 4.98 Å². The first-order valence-corrected chi connectivity index (χ1v) is 4.97. The number of aliphatic hydroxyl groups excluding tert-OH is 1. The highest BCUT2D eigenvalue weighted by Crippen LogP contribution is 2.19. The van der Waals surface area contributed by atoms with Gasteiger partial charge in [-0.2, -0.15) is 5.10 Å². The molecule has 0 unspecified atom stereocenters. The Morgan fingerprint density at radius 3 is 2.81 bits per heavy atom. The molecule has 16 heavy (non-hydrogen) atoms. The number of nitrogen functional groups attached to an aromatic ring is 1. The fourth-order valence-corrected chi connectivity index (χ4v) is 1.41. The van der Waals surface area contributed by atoms with Crippen molar-refractivity contribution in [3.05, 3.63) is 29.2 Å². The molecule has 0 saturated heterocycles. The van der Waals surface area contributed by atoms with E-state index in [9.17, 15) is 5.11 Å². The topological polar surface area (TPSA) is 89.9 Å². The lowest BCUT2D eigenvalue weighted by Gasteiger charge is -2.02. The summed E-state index contributed by atoms with van der Waals surface area (Å²) in [5.41, 5.74) is 6.44. The van der Waals surface area contributed by atoms with Crippen molar-refractivity contribution in [3.8, 4) is 5.82 Å². The van der Waals surface area contributed by atoms with Gasteiger partial charge in [-0.05, 0) is 13.0 Å². The van der Waals surface area contributed by atoms with E-state index >= 15 is 0 Å². The summed E-state index contributed by atoms with van der Waals surface area (Å²) in [7, 11) is 0. The van der Waals surface area contributed by atoms with Crippen LogP contribution in [0.15, 0.2) is 18.5 Å². The van der Waals surface area contributed by atoms with Gasteiger partial charge in [0.2, 0.25) is 0 Å². The molecule has 7 heteroatoms. The molecule has 0 aliphatic heterocycles. The quantitative estimate of drug-likeness (QED) is 0.814. The van der Waals surface area contributed by atoms with Gasteiger partial charge < -0.3 is 10.8 Å². The monoisotopic (exact) mass is 239 g/mol. The zero-order valence-electron chi connectivity index (χ0n) is 8.50. The zero-order chi connectivity index (χ0) is 11.7. The summed E-state index contributed by atoms with van der Waals surface area (Å²) in [4.78, 5) is 5.27. The van der Waals surface area contributed by atoms with E-state index in [4.69, 9.17) is 17.3 Å². The average Bonchev–Trinajstić information content (AvgIpc) is 2.66. The molecule has 3 N–H and O–H groups in total. The van der Waals surface area contributed by atoms with Gasteiger partial charge >= 0.3 is 0 Å². The van der Waals surface area contributed by atoms with Crippen molar-refractivity contribution < 1.29 is 5.11 Å². The standard InChI is InChI=1S/C9H10ClN5O/c1-5(16)8-4-13-15(14-8)9-7(10)2-6(11)3-12-9/h2-5,16H,11H2,1H3/t5-/m0/s1. The summed E-state index contributed by atoms with van der Waals surface area (Å²) >= 11 is 5.95. The van der Waals surface area contributed by atoms with E-state index < -0.39 is 6.10 Å². The van der Waals surface area contributed by atoms with Crippen LogP contribution in [0.5, 0.6) is 0 Å². The van der Waals surface area contributed by atoms with Crippen LogP contribution in [0, 0.1) is 0 Å². The van der Waals surface area contributed by atoms with Gasteiger partial charge in [-0.1, -0.05) is 11.6 Å². The number of nitrogens with zero attached hydrogens (tertiary/aromatic N) is 4. The predicted molar refractivity (Wildman–Crippen MR) is 59.2 cm³/mol. The average molecular weight is 240 g/mol. The van der Waals surface area contributed by atoms with E-state index in [2.05, 4.69) is 15.2 Å². The Morgan fingerprint density at radius 2 is 2.25 bits per heavy atom. The maximum absolute atomic E-state index is 9.31. The Hall–Kier alpha value is -1.66. The Labute approximate surface area is 96.7 Å². The predicted octanol–water partition coefficient (Wildman–Crippen LogP) is 0.951. The molecule has 0 aliphatic carbocycles. The summed E-state index contributed by atoms with van der Waals surface area (Å²) in [5.74, 6) is 0.378. The number of nitrogens with two attached hydrogens (primary N) is 1. The van der Waals surface area contributed by atoms with E-state index in [1.54, 1.807) is 13.0 Å². The van der Waals surface area contributed by atoms with Crippen molar-refractivity contribution in [2.75, 3.05) is 5.73 Å². The van der Waals surface area contributed by atoms with Crippen molar-refractivity contribution in [2.45, 2.75) is 13.0 Å². The van der Waals surface area contributed by atoms with Gasteiger partial charge in [-0.15, -0.1) is 9.90 Å². The van der Waals surface area contributed by atoms with E-state index in [0.29, 0.717) is 22.2 Å². The third kappa shape index (κ3) is 1.98. The molecule has 2 aromatic rings. The highest BCUT2D eigenvalue weighted by molar-refractivity contribution is 6.32. The number of aromatic nitrogens is 4. The van der Waals surface area contributed by atoms with Crippen LogP contribution in [0.2, 0.25) is 5.02 Å². The van der Waals surface area contributed by atoms with Gasteiger partial charge in [0.1, 0.15) is 5.69 Å². The number of pyridine rings is 1. The summed E-state index contributed by atoms with van der Waals surface area (Å²) in [5, 5.41) is 17.7. The van der Waals surface area contributed by atoms with Crippen LogP contribution in [0.3, 0.4) is 0 Å². The summed E-state index contributed by atoms with van der Waals surface area (Å²) in [6.45, 7) is 1.60. The first-order valence-electron chi connectivity index (χ1n) is 4.59. The number of hydrogen-bond donors (Lipinski definition) is 2. The van der Waals surface area contributed by atoms with Crippen molar-refractivity contribution >= 4 is 17.3 Å². The summed E-state index contributed by atoms with van der Waals surface area (Å²) < 4.78 is 0. The molecule has 0 aliphatic rings. The van der Waals surface area contributed by atoms with Gasteiger partial charge in [0, 0.05) is 0 Å². The first kappa shape index (κ1) is 10.8. The van der Waals surface area contributed by atoms with Gasteiger partial charge in [-0.3, -0.25) is 0 Å². The molecule has 2 heterocycles. The molecule has 0 amide bonds. The van der Waals surface area contributed by atoms with Gasteiger partial charge in [0.25, 0.3) is 0 Å². The van der Waals surface area contributed by atoms with Crippen molar-refractivity contribution in [1.29, 1.82) is 0 Å². The lowest BCUT2D eigenvalue weighted by Crippen LogP contribution is -2.04. The minimum Gasteiger partial charge on any atom is -0.397 e. The fraction of sp³-hybridized carbons (Fsp3) is 0.222. The molecule has 2 aromatic heterocycles. The molecule has 2 rings (SSSR count). The second-order valence-electron chi connectivity index (χ2n) is 3.31. The Kier molecular flexibility index (Phi) is 2.76. The molecular weight excluding hydrogens is 230 g/mol. The molecule has 6 nitrogen and oxygen atoms in total. The summed E-state index contributed by atoms with van der Waals surface area (Å²) in [6, 6.07) is 1.56. The van der Waals surface area contributed by atoms with Crippen LogP contribution in [0.1, 0.15) is 18.7 Å². The van der Waals surface area contributed by atoms with Crippen LogP contribution in [0.25, 0.3) is 5.82 Å². The van der Waals surface area contributed by atoms with Crippen LogP contribution in [0.4, 0.5) is 5.69 Å². The normalized spacial score (nSPS) is 12.7. The number of halogens is 1. The fourth-order valence-electron chi connectivity index (χ4n) is 1.16. The maximum atomic E-state index is 9.31. The zero-order valence-corrected chi connectivity index (χ0v) is 9.26. The Balaban J connectivity index is 2.42. The third-order valence-corrected chi connectivity index (χ3v) is 2.25. The number of rotatable bonds is 2. The number of aliphatic hydroxyl groups is 1. The molecule has 0 bridgehead atoms. The van der Waals surface area contributed by atoms with Crippen LogP contribution >= 0.6 is 11.6 Å². The Morgan fingerprint density at radius 1 is 1.50 bits per heavy atom. The Bertz CT molecular complexity index is 510. The SMILES string of the molecule is C[C@H](O)c1cnn(-c2ncc(N)cc2Cl)n1. The highest BCUT2D eigenvalue weighted by Gasteiger charge is 2.11. The van der Waals surface area contributed by atoms with Crippen molar-refractivity contribution in [1.82, 2.24) is 20.0 Å². The number of hydrogen-bond acceptors (Lipinski definition) is 5. The largest absolute Gasteiger partial charge is 0.397 e. The van der Waals surface area contributed by atoms with Crippen LogP contribution in [-0.2, 0) is 0 Å². The maximum Gasteiger partial charge on any atom is 0.193 e. The lowest BCUT2D eigenvalue weighted by molar-refractivity contribution is 0.193. The minimum absolute atomic E-state index is 0.354. The molecule has 1 atom stereocenters. The second kappa shape index (κ2) is 4.07. The van der Waals surface area contributed by atoms with Crippen molar-refractivity contribution in [3.63, 3.8) is 0 Å². The molecule has 0 aromatic carbocycles. The first-order chi connectivity index (χ1) is 7.58. The molecule has 0 fully saturated rings. The molecule has 0 saturated carbocycles. The molecule has 0 radical (unpaired) electrons. The number of anilines is 1. The lowest BCUT2D eigenvalue weighted by atomic mass is 10.3. The second-order valence-corrected chi connectivity index (χ2v) is 3.72. The molecule has 0 spiro atoms.